The van der Waals surface area contributed by atoms with Gasteiger partial charge in [-0.1, -0.05) is 25.0 Å². The van der Waals surface area contributed by atoms with Crippen molar-refractivity contribution < 1.29 is 10.2 Å². The van der Waals surface area contributed by atoms with Crippen molar-refractivity contribution in [3.8, 4) is 5.75 Å². The molecule has 0 unspecified atom stereocenters. The topological polar surface area (TPSA) is 96.1 Å². The molecule has 2 atom stereocenters. The van der Waals surface area contributed by atoms with E-state index in [2.05, 4.69) is 10.4 Å². The number of nitrogens with zero attached hydrogens (tertiary/aromatic N) is 4. The Hall–Kier alpha value is -2.67. The van der Waals surface area contributed by atoms with Crippen molar-refractivity contribution in [2.75, 3.05) is 5.32 Å². The van der Waals surface area contributed by atoms with Gasteiger partial charge < -0.3 is 15.5 Å². The van der Waals surface area contributed by atoms with E-state index < -0.39 is 6.10 Å². The number of phenolic OH excluding ortho intramolecular Hbond substituents is 1. The summed E-state index contributed by atoms with van der Waals surface area (Å²) in [6, 6.07) is 6.33. The van der Waals surface area contributed by atoms with Crippen molar-refractivity contribution in [1.29, 1.82) is 0 Å². The number of anilines is 1. The fourth-order valence-electron chi connectivity index (χ4n) is 3.77. The summed E-state index contributed by atoms with van der Waals surface area (Å²) in [5.41, 5.74) is 1.54. The number of aromatic nitrogens is 4. The number of hydrogen-bond donors (Lipinski definition) is 3. The minimum absolute atomic E-state index is 0.181. The molecule has 7 nitrogen and oxygen atoms in total. The molecule has 3 aromatic rings. The Morgan fingerprint density at radius 3 is 2.56 bits per heavy atom. The first-order valence-electron chi connectivity index (χ1n) is 9.46. The first-order valence-corrected chi connectivity index (χ1v) is 9.46. The van der Waals surface area contributed by atoms with E-state index in [4.69, 9.17) is 9.97 Å². The highest BCUT2D eigenvalue weighted by atomic mass is 16.3. The van der Waals surface area contributed by atoms with E-state index >= 15 is 0 Å². The summed E-state index contributed by atoms with van der Waals surface area (Å²) >= 11 is 0. The molecule has 0 spiro atoms. The maximum atomic E-state index is 10.7. The zero-order valence-electron chi connectivity index (χ0n) is 15.6. The highest BCUT2D eigenvalue weighted by Gasteiger charge is 2.24. The van der Waals surface area contributed by atoms with E-state index in [9.17, 15) is 10.2 Å². The molecule has 142 valence electrons. The van der Waals surface area contributed by atoms with Gasteiger partial charge in [0.2, 0.25) is 0 Å². The number of phenols is 1. The van der Waals surface area contributed by atoms with Gasteiger partial charge in [0.15, 0.2) is 5.65 Å². The van der Waals surface area contributed by atoms with Gasteiger partial charge in [0.05, 0.1) is 23.7 Å². The van der Waals surface area contributed by atoms with Crippen molar-refractivity contribution in [1.82, 2.24) is 19.7 Å². The average molecular weight is 367 g/mol. The van der Waals surface area contributed by atoms with Crippen molar-refractivity contribution in [3.63, 3.8) is 0 Å². The predicted molar refractivity (Wildman–Crippen MR) is 104 cm³/mol. The first kappa shape index (κ1) is 17.7. The number of fused-ring (bicyclic) bond motifs is 1. The van der Waals surface area contributed by atoms with E-state index in [1.807, 2.05) is 14.0 Å². The fraction of sp³-hybridized carbons (Fsp3) is 0.450. The summed E-state index contributed by atoms with van der Waals surface area (Å²) in [7, 11) is 1.88. The smallest absolute Gasteiger partial charge is 0.163 e. The zero-order valence-corrected chi connectivity index (χ0v) is 15.6. The molecule has 1 aliphatic carbocycles. The molecule has 4 rings (SSSR count). The predicted octanol–water partition coefficient (Wildman–Crippen LogP) is 3.26. The molecule has 2 heterocycles. The Labute approximate surface area is 158 Å². The van der Waals surface area contributed by atoms with E-state index in [-0.39, 0.29) is 11.8 Å². The molecular weight excluding hydrogens is 342 g/mol. The van der Waals surface area contributed by atoms with Crippen LogP contribution in [0.3, 0.4) is 0 Å². The summed E-state index contributed by atoms with van der Waals surface area (Å²) < 4.78 is 1.77. The number of aryl methyl sites for hydroxylation is 1. The van der Waals surface area contributed by atoms with Gasteiger partial charge in [-0.3, -0.25) is 4.68 Å². The van der Waals surface area contributed by atoms with Gasteiger partial charge in [0, 0.05) is 13.0 Å². The minimum Gasteiger partial charge on any atom is -0.508 e. The molecule has 1 aliphatic rings. The SMILES string of the molecule is C[C@@H](Nc1nc(C2CCCC2)nc2c1cnn2C)[C@@H](O)c1ccc(O)cc1. The van der Waals surface area contributed by atoms with Gasteiger partial charge in [-0.15, -0.1) is 0 Å². The maximum absolute atomic E-state index is 10.7. The van der Waals surface area contributed by atoms with Crippen LogP contribution in [0.4, 0.5) is 5.82 Å². The van der Waals surface area contributed by atoms with Crippen LogP contribution in [-0.2, 0) is 7.05 Å². The zero-order chi connectivity index (χ0) is 19.0. The highest BCUT2D eigenvalue weighted by molar-refractivity contribution is 5.86. The number of benzene rings is 1. The Morgan fingerprint density at radius 1 is 1.15 bits per heavy atom. The number of aliphatic hydroxyl groups is 1. The van der Waals surface area contributed by atoms with Crippen LogP contribution in [0.2, 0.25) is 0 Å². The molecule has 1 aromatic carbocycles. The molecule has 7 heteroatoms. The highest BCUT2D eigenvalue weighted by Crippen LogP contribution is 2.34. The first-order chi connectivity index (χ1) is 13.0. The minimum atomic E-state index is -0.734. The van der Waals surface area contributed by atoms with Crippen molar-refractivity contribution in [2.24, 2.45) is 7.05 Å². The van der Waals surface area contributed by atoms with Crippen LogP contribution in [0, 0.1) is 0 Å². The summed E-state index contributed by atoms with van der Waals surface area (Å²) in [5, 5.41) is 28.7. The molecule has 1 fully saturated rings. The van der Waals surface area contributed by atoms with Gasteiger partial charge in [0.1, 0.15) is 17.4 Å². The lowest BCUT2D eigenvalue weighted by Gasteiger charge is -2.22. The Bertz CT molecular complexity index is 931. The van der Waals surface area contributed by atoms with Gasteiger partial charge >= 0.3 is 0 Å². The molecule has 3 N–H and O–H groups in total. The maximum Gasteiger partial charge on any atom is 0.163 e. The summed E-state index contributed by atoms with van der Waals surface area (Å²) in [4.78, 5) is 9.56. The normalized spacial score (nSPS) is 17.3. The van der Waals surface area contributed by atoms with Crippen LogP contribution in [-0.4, -0.2) is 36.0 Å². The lowest BCUT2D eigenvalue weighted by Crippen LogP contribution is -2.25. The molecule has 0 radical (unpaired) electrons. The van der Waals surface area contributed by atoms with Crippen molar-refractivity contribution in [3.05, 3.63) is 41.9 Å². The fourth-order valence-corrected chi connectivity index (χ4v) is 3.77. The lowest BCUT2D eigenvalue weighted by atomic mass is 10.0. The third-order valence-corrected chi connectivity index (χ3v) is 5.40. The summed E-state index contributed by atoms with van der Waals surface area (Å²) in [6.07, 6.45) is 5.70. The van der Waals surface area contributed by atoms with Crippen LogP contribution in [0.15, 0.2) is 30.5 Å². The molecule has 0 amide bonds. The van der Waals surface area contributed by atoms with Crippen LogP contribution < -0.4 is 5.32 Å². The van der Waals surface area contributed by atoms with Crippen LogP contribution in [0.5, 0.6) is 5.75 Å². The Balaban J connectivity index is 1.64. The molecule has 0 bridgehead atoms. The number of aliphatic hydroxyl groups excluding tert-OH is 1. The second-order valence-electron chi connectivity index (χ2n) is 7.39. The molecule has 0 aliphatic heterocycles. The largest absolute Gasteiger partial charge is 0.508 e. The lowest BCUT2D eigenvalue weighted by molar-refractivity contribution is 0.160. The van der Waals surface area contributed by atoms with Crippen molar-refractivity contribution >= 4 is 16.9 Å². The molecule has 2 aromatic heterocycles. The monoisotopic (exact) mass is 367 g/mol. The third-order valence-electron chi connectivity index (χ3n) is 5.40. The number of hydrogen-bond acceptors (Lipinski definition) is 6. The van der Waals surface area contributed by atoms with Crippen LogP contribution in [0.25, 0.3) is 11.0 Å². The number of aromatic hydroxyl groups is 1. The number of nitrogens with one attached hydrogen (secondary N) is 1. The van der Waals surface area contributed by atoms with E-state index in [0.717, 1.165) is 35.3 Å². The Morgan fingerprint density at radius 2 is 1.85 bits per heavy atom. The van der Waals surface area contributed by atoms with Gasteiger partial charge in [0.25, 0.3) is 0 Å². The van der Waals surface area contributed by atoms with E-state index in [1.165, 1.54) is 12.8 Å². The van der Waals surface area contributed by atoms with Crippen LogP contribution >= 0.6 is 0 Å². The molecule has 27 heavy (non-hydrogen) atoms. The van der Waals surface area contributed by atoms with E-state index in [1.54, 1.807) is 35.1 Å². The van der Waals surface area contributed by atoms with Gasteiger partial charge in [-0.25, -0.2) is 9.97 Å². The van der Waals surface area contributed by atoms with Gasteiger partial charge in [-0.2, -0.15) is 5.10 Å². The standard InChI is InChI=1S/C20H25N5O2/c1-12(17(27)13-7-9-15(26)10-8-13)22-19-16-11-21-25(2)20(16)24-18(23-19)14-5-3-4-6-14/h7-12,14,17,26-27H,3-6H2,1-2H3,(H,22,23,24)/t12-,17-/m1/s1. The van der Waals surface area contributed by atoms with E-state index in [0.29, 0.717) is 11.7 Å². The quantitative estimate of drug-likeness (QED) is 0.640. The molecule has 1 saturated carbocycles. The van der Waals surface area contributed by atoms with Crippen molar-refractivity contribution in [2.45, 2.75) is 50.7 Å². The summed E-state index contributed by atoms with van der Waals surface area (Å²) in [6.45, 7) is 1.91. The molecular formula is C20H25N5O2. The average Bonchev–Trinajstić information content (AvgIpc) is 3.32. The molecule has 0 saturated heterocycles. The second-order valence-corrected chi connectivity index (χ2v) is 7.39. The number of rotatable bonds is 5. The Kier molecular flexibility index (Phi) is 4.70. The third kappa shape index (κ3) is 3.47. The van der Waals surface area contributed by atoms with Gasteiger partial charge in [-0.05, 0) is 37.5 Å². The summed E-state index contributed by atoms with van der Waals surface area (Å²) in [5.74, 6) is 2.14. The second kappa shape index (κ2) is 7.15. The van der Waals surface area contributed by atoms with Crippen LogP contribution in [0.1, 0.15) is 56.0 Å².